The van der Waals surface area contributed by atoms with Crippen LogP contribution in [-0.2, 0) is 6.42 Å². The van der Waals surface area contributed by atoms with Crippen molar-refractivity contribution in [2.75, 3.05) is 21.3 Å². The number of hydrogen-bond acceptors (Lipinski definition) is 2. The van der Waals surface area contributed by atoms with Crippen LogP contribution in [0.1, 0.15) is 33.4 Å². The number of carbonyl (C=O) groups excluding carboxylic acids is 2. The Morgan fingerprint density at radius 1 is 0.564 bits per heavy atom. The van der Waals surface area contributed by atoms with E-state index in [0.29, 0.717) is 27.8 Å². The van der Waals surface area contributed by atoms with Crippen LogP contribution in [0.3, 0.4) is 0 Å². The standard InChI is InChI=1S/C31H30Cl2N4O2/c1-18-11-22(12-19(2)28(18)36-30(38)34-26-9-5-7-24(32)16-26)15-23-13-20(3)29(21(4)14-23)37-31(39)35-27-10-6-8-25(33)17-27/h5-14,16-17H,15H2,1-4H3,(H2,34,36,38)(H2,35,37,39). The smallest absolute Gasteiger partial charge is 0.308 e. The summed E-state index contributed by atoms with van der Waals surface area (Å²) < 4.78 is 0. The van der Waals surface area contributed by atoms with E-state index < -0.39 is 0 Å². The van der Waals surface area contributed by atoms with Gasteiger partial charge in [-0.1, -0.05) is 59.6 Å². The summed E-state index contributed by atoms with van der Waals surface area (Å²) in [7, 11) is 0. The van der Waals surface area contributed by atoms with Crippen molar-refractivity contribution < 1.29 is 9.59 Å². The highest BCUT2D eigenvalue weighted by atomic mass is 35.5. The fraction of sp³-hybridized carbons (Fsp3) is 0.161. The Bertz CT molecular complexity index is 1390. The highest BCUT2D eigenvalue weighted by Crippen LogP contribution is 2.28. The second-order valence-corrected chi connectivity index (χ2v) is 10.4. The molecule has 4 rings (SSSR count). The Morgan fingerprint density at radius 3 is 1.26 bits per heavy atom. The Hall–Kier alpha value is -4.00. The van der Waals surface area contributed by atoms with Crippen molar-refractivity contribution in [3.8, 4) is 0 Å². The summed E-state index contributed by atoms with van der Waals surface area (Å²) in [6.45, 7) is 7.92. The predicted octanol–water partition coefficient (Wildman–Crippen LogP) is 9.11. The van der Waals surface area contributed by atoms with Crippen LogP contribution in [0.5, 0.6) is 0 Å². The minimum atomic E-state index is -0.329. The maximum absolute atomic E-state index is 12.6. The molecule has 4 aromatic rings. The molecule has 0 aromatic heterocycles. The molecule has 8 heteroatoms. The number of nitrogens with one attached hydrogen (secondary N) is 4. The van der Waals surface area contributed by atoms with Gasteiger partial charge < -0.3 is 21.3 Å². The normalized spacial score (nSPS) is 10.6. The van der Waals surface area contributed by atoms with Crippen LogP contribution in [0.25, 0.3) is 0 Å². The first-order valence-corrected chi connectivity index (χ1v) is 13.2. The molecule has 0 aliphatic carbocycles. The van der Waals surface area contributed by atoms with Crippen LogP contribution in [0.15, 0.2) is 72.8 Å². The van der Waals surface area contributed by atoms with E-state index in [4.69, 9.17) is 23.2 Å². The van der Waals surface area contributed by atoms with Gasteiger partial charge in [0.15, 0.2) is 0 Å². The van der Waals surface area contributed by atoms with Gasteiger partial charge in [0.25, 0.3) is 0 Å². The number of urea groups is 2. The minimum absolute atomic E-state index is 0.329. The molecule has 0 heterocycles. The fourth-order valence-corrected chi connectivity index (χ4v) is 5.01. The van der Waals surface area contributed by atoms with Gasteiger partial charge in [0.1, 0.15) is 0 Å². The molecule has 0 aliphatic heterocycles. The molecule has 0 spiro atoms. The van der Waals surface area contributed by atoms with Gasteiger partial charge in [-0.05, 0) is 104 Å². The van der Waals surface area contributed by atoms with E-state index in [0.717, 1.165) is 44.8 Å². The zero-order chi connectivity index (χ0) is 28.1. The fourth-order valence-electron chi connectivity index (χ4n) is 4.62. The number of aryl methyl sites for hydroxylation is 4. The molecule has 200 valence electrons. The van der Waals surface area contributed by atoms with E-state index in [1.165, 1.54) is 0 Å². The minimum Gasteiger partial charge on any atom is -0.308 e. The number of amides is 4. The molecule has 0 fully saturated rings. The quantitative estimate of drug-likeness (QED) is 0.189. The molecule has 0 bridgehead atoms. The van der Waals surface area contributed by atoms with E-state index in [9.17, 15) is 9.59 Å². The summed E-state index contributed by atoms with van der Waals surface area (Å²) in [6, 6.07) is 21.7. The highest BCUT2D eigenvalue weighted by molar-refractivity contribution is 6.31. The summed E-state index contributed by atoms with van der Waals surface area (Å²) in [5.41, 5.74) is 8.92. The maximum Gasteiger partial charge on any atom is 0.323 e. The summed E-state index contributed by atoms with van der Waals surface area (Å²) in [5.74, 6) is 0. The summed E-state index contributed by atoms with van der Waals surface area (Å²) >= 11 is 12.0. The van der Waals surface area contributed by atoms with Crippen LogP contribution in [-0.4, -0.2) is 12.1 Å². The Morgan fingerprint density at radius 2 is 0.923 bits per heavy atom. The first-order chi connectivity index (χ1) is 18.6. The van der Waals surface area contributed by atoms with Gasteiger partial charge in [-0.3, -0.25) is 0 Å². The van der Waals surface area contributed by atoms with E-state index in [1.807, 2.05) is 27.7 Å². The summed E-state index contributed by atoms with van der Waals surface area (Å²) in [6.07, 6.45) is 0.716. The third-order valence-electron chi connectivity index (χ3n) is 6.24. The van der Waals surface area contributed by atoms with Gasteiger partial charge in [-0.15, -0.1) is 0 Å². The van der Waals surface area contributed by atoms with Gasteiger partial charge in [-0.2, -0.15) is 0 Å². The number of anilines is 4. The number of halogens is 2. The van der Waals surface area contributed by atoms with Crippen molar-refractivity contribution in [1.82, 2.24) is 0 Å². The van der Waals surface area contributed by atoms with Crippen molar-refractivity contribution in [2.45, 2.75) is 34.1 Å². The van der Waals surface area contributed by atoms with E-state index in [1.54, 1.807) is 48.5 Å². The Labute approximate surface area is 238 Å². The lowest BCUT2D eigenvalue weighted by atomic mass is 9.96. The zero-order valence-corrected chi connectivity index (χ0v) is 23.7. The largest absolute Gasteiger partial charge is 0.323 e. The monoisotopic (exact) mass is 560 g/mol. The molecule has 0 atom stereocenters. The van der Waals surface area contributed by atoms with E-state index >= 15 is 0 Å². The van der Waals surface area contributed by atoms with E-state index in [2.05, 4.69) is 45.5 Å². The molecule has 39 heavy (non-hydrogen) atoms. The molecular weight excluding hydrogens is 531 g/mol. The maximum atomic E-state index is 12.6. The molecular formula is C31H30Cl2N4O2. The average Bonchev–Trinajstić information content (AvgIpc) is 2.84. The Kier molecular flexibility index (Phi) is 8.79. The Balaban J connectivity index is 1.43. The first-order valence-electron chi connectivity index (χ1n) is 12.4. The SMILES string of the molecule is Cc1cc(Cc2cc(C)c(NC(=O)Nc3cccc(Cl)c3)c(C)c2)cc(C)c1NC(=O)Nc1cccc(Cl)c1. The average molecular weight is 562 g/mol. The third kappa shape index (κ3) is 7.53. The molecule has 6 nitrogen and oxygen atoms in total. The molecule has 0 aliphatic rings. The molecule has 4 amide bonds. The topological polar surface area (TPSA) is 82.3 Å². The van der Waals surface area contributed by atoms with Crippen LogP contribution < -0.4 is 21.3 Å². The lowest BCUT2D eigenvalue weighted by molar-refractivity contribution is 0.261. The third-order valence-corrected chi connectivity index (χ3v) is 6.71. The molecule has 0 radical (unpaired) electrons. The van der Waals surface area contributed by atoms with Crippen LogP contribution in [0.2, 0.25) is 10.0 Å². The highest BCUT2D eigenvalue weighted by Gasteiger charge is 2.13. The van der Waals surface area contributed by atoms with Crippen LogP contribution in [0.4, 0.5) is 32.3 Å². The molecule has 0 saturated heterocycles. The van der Waals surface area contributed by atoms with Gasteiger partial charge in [0, 0.05) is 32.8 Å². The second-order valence-electron chi connectivity index (χ2n) is 9.56. The lowest BCUT2D eigenvalue weighted by Crippen LogP contribution is -2.21. The number of carbonyl (C=O) groups is 2. The lowest BCUT2D eigenvalue weighted by Gasteiger charge is -2.17. The molecule has 0 saturated carbocycles. The molecule has 0 unspecified atom stereocenters. The van der Waals surface area contributed by atoms with Crippen molar-refractivity contribution in [3.63, 3.8) is 0 Å². The van der Waals surface area contributed by atoms with Crippen molar-refractivity contribution >= 4 is 58.0 Å². The number of benzene rings is 4. The van der Waals surface area contributed by atoms with Gasteiger partial charge in [-0.25, -0.2) is 9.59 Å². The van der Waals surface area contributed by atoms with Crippen LogP contribution in [0, 0.1) is 27.7 Å². The van der Waals surface area contributed by atoms with Crippen molar-refractivity contribution in [2.24, 2.45) is 0 Å². The van der Waals surface area contributed by atoms with Crippen LogP contribution >= 0.6 is 23.2 Å². The molecule has 4 aromatic carbocycles. The van der Waals surface area contributed by atoms with E-state index in [-0.39, 0.29) is 12.1 Å². The van der Waals surface area contributed by atoms with Crippen molar-refractivity contribution in [3.05, 3.63) is 116 Å². The second kappa shape index (κ2) is 12.2. The molecule has 4 N–H and O–H groups in total. The van der Waals surface area contributed by atoms with Gasteiger partial charge in [0.05, 0.1) is 0 Å². The number of rotatable bonds is 6. The summed E-state index contributed by atoms with van der Waals surface area (Å²) in [5, 5.41) is 12.6. The summed E-state index contributed by atoms with van der Waals surface area (Å²) in [4.78, 5) is 25.1. The van der Waals surface area contributed by atoms with Crippen molar-refractivity contribution in [1.29, 1.82) is 0 Å². The number of hydrogen-bond donors (Lipinski definition) is 4. The first kappa shape index (κ1) is 28.0. The van der Waals surface area contributed by atoms with Gasteiger partial charge in [0.2, 0.25) is 0 Å². The predicted molar refractivity (Wildman–Crippen MR) is 163 cm³/mol. The van der Waals surface area contributed by atoms with Gasteiger partial charge >= 0.3 is 12.1 Å². The zero-order valence-electron chi connectivity index (χ0n) is 22.2.